The Hall–Kier alpha value is -2.73. The molecule has 1 aliphatic heterocycles. The number of nitrogens with zero attached hydrogens (tertiary/aromatic N) is 4. The van der Waals surface area contributed by atoms with Crippen LogP contribution in [0, 0.1) is 0 Å². The predicted octanol–water partition coefficient (Wildman–Crippen LogP) is 4.15. The molecule has 3 aromatic rings. The van der Waals surface area contributed by atoms with Crippen molar-refractivity contribution in [3.05, 3.63) is 58.9 Å². The molecule has 0 bridgehead atoms. The zero-order valence-corrected chi connectivity index (χ0v) is 17.0. The van der Waals surface area contributed by atoms with Gasteiger partial charge in [0.15, 0.2) is 0 Å². The quantitative estimate of drug-likeness (QED) is 0.646. The van der Waals surface area contributed by atoms with E-state index in [0.29, 0.717) is 0 Å². The normalized spacial score (nSPS) is 19.6. The summed E-state index contributed by atoms with van der Waals surface area (Å²) in [5.41, 5.74) is 2.30. The van der Waals surface area contributed by atoms with E-state index >= 15 is 0 Å². The standard InChI is InChI=1S/C23H22N4OS/c28-22(20-14-16-4-1-2-7-19(16)29-20)27-13-12-26(11-10-23(27)8-9-23)21-17-5-3-6-18(17)24-15-25-21/h1-5,7,14-15H,6,8-13H2. The van der Waals surface area contributed by atoms with Crippen molar-refractivity contribution in [2.75, 3.05) is 24.5 Å². The van der Waals surface area contributed by atoms with E-state index < -0.39 is 0 Å². The molecule has 0 radical (unpaired) electrons. The number of fused-ring (bicyclic) bond motifs is 2. The second-order valence-corrected chi connectivity index (χ2v) is 9.31. The van der Waals surface area contributed by atoms with Gasteiger partial charge in [-0.15, -0.1) is 11.3 Å². The predicted molar refractivity (Wildman–Crippen MR) is 116 cm³/mol. The summed E-state index contributed by atoms with van der Waals surface area (Å²) in [5.74, 6) is 1.22. The summed E-state index contributed by atoms with van der Waals surface area (Å²) < 4.78 is 1.18. The maximum atomic E-state index is 13.5. The minimum atomic E-state index is 0.0358. The molecule has 6 rings (SSSR count). The number of benzene rings is 1. The number of amides is 1. The van der Waals surface area contributed by atoms with Gasteiger partial charge in [0.05, 0.1) is 10.6 Å². The first-order valence-corrected chi connectivity index (χ1v) is 11.1. The van der Waals surface area contributed by atoms with Crippen molar-refractivity contribution in [3.63, 3.8) is 0 Å². The van der Waals surface area contributed by atoms with Gasteiger partial charge >= 0.3 is 0 Å². The number of hydrogen-bond acceptors (Lipinski definition) is 5. The minimum Gasteiger partial charge on any atom is -0.354 e. The molecule has 1 aromatic carbocycles. The molecule has 1 saturated carbocycles. The van der Waals surface area contributed by atoms with Gasteiger partial charge in [-0.05, 0) is 36.8 Å². The summed E-state index contributed by atoms with van der Waals surface area (Å²) in [7, 11) is 0. The topological polar surface area (TPSA) is 49.3 Å². The Balaban J connectivity index is 1.29. The highest BCUT2D eigenvalue weighted by Gasteiger charge is 2.51. The van der Waals surface area contributed by atoms with Crippen LogP contribution in [0.25, 0.3) is 16.2 Å². The maximum Gasteiger partial charge on any atom is 0.264 e. The van der Waals surface area contributed by atoms with Crippen molar-refractivity contribution < 1.29 is 4.79 Å². The van der Waals surface area contributed by atoms with E-state index in [4.69, 9.17) is 0 Å². The second-order valence-electron chi connectivity index (χ2n) is 8.23. The van der Waals surface area contributed by atoms with Crippen LogP contribution < -0.4 is 4.90 Å². The molecule has 2 fully saturated rings. The Labute approximate surface area is 173 Å². The third-order valence-corrected chi connectivity index (χ3v) is 7.67. The fourth-order valence-electron chi connectivity index (χ4n) is 4.76. The van der Waals surface area contributed by atoms with Gasteiger partial charge in [-0.1, -0.05) is 30.4 Å². The van der Waals surface area contributed by atoms with Crippen molar-refractivity contribution in [2.45, 2.75) is 31.2 Å². The summed E-state index contributed by atoms with van der Waals surface area (Å²) in [6.07, 6.45) is 10.1. The van der Waals surface area contributed by atoms with E-state index in [0.717, 1.165) is 72.7 Å². The highest BCUT2D eigenvalue weighted by molar-refractivity contribution is 7.20. The van der Waals surface area contributed by atoms with E-state index in [9.17, 15) is 4.79 Å². The van der Waals surface area contributed by atoms with E-state index in [-0.39, 0.29) is 11.4 Å². The number of rotatable bonds is 2. The molecule has 1 spiro atoms. The SMILES string of the molecule is O=C(c1cc2ccccc2s1)N1CCN(c2ncnc3c2C=CC3)CCC12CC2. The average molecular weight is 403 g/mol. The van der Waals surface area contributed by atoms with E-state index in [1.807, 2.05) is 12.1 Å². The van der Waals surface area contributed by atoms with E-state index in [1.54, 1.807) is 17.7 Å². The lowest BCUT2D eigenvalue weighted by atomic mass is 10.1. The van der Waals surface area contributed by atoms with Gasteiger partial charge < -0.3 is 9.80 Å². The number of anilines is 1. The van der Waals surface area contributed by atoms with Crippen LogP contribution in [0.1, 0.15) is 40.2 Å². The molecule has 2 aliphatic carbocycles. The molecule has 29 heavy (non-hydrogen) atoms. The summed E-state index contributed by atoms with van der Waals surface area (Å²) in [4.78, 5) is 27.9. The molecule has 1 saturated heterocycles. The Morgan fingerprint density at radius 1 is 1.07 bits per heavy atom. The molecule has 5 nitrogen and oxygen atoms in total. The van der Waals surface area contributed by atoms with Crippen molar-refractivity contribution in [2.24, 2.45) is 0 Å². The number of aromatic nitrogens is 2. The molecule has 2 aromatic heterocycles. The molecule has 0 unspecified atom stereocenters. The lowest BCUT2D eigenvalue weighted by molar-refractivity contribution is 0.0668. The first-order chi connectivity index (χ1) is 14.2. The largest absolute Gasteiger partial charge is 0.354 e. The zero-order chi connectivity index (χ0) is 19.4. The third-order valence-electron chi connectivity index (χ3n) is 6.56. The fraction of sp³-hybridized carbons (Fsp3) is 0.348. The Bertz CT molecular complexity index is 1110. The molecular weight excluding hydrogens is 380 g/mol. The van der Waals surface area contributed by atoms with E-state index in [2.05, 4.69) is 50.1 Å². The summed E-state index contributed by atoms with van der Waals surface area (Å²) in [6.45, 7) is 2.50. The van der Waals surface area contributed by atoms with Gasteiger partial charge in [0, 0.05) is 41.9 Å². The number of allylic oxidation sites excluding steroid dienone is 1. The molecule has 0 atom stereocenters. The first-order valence-electron chi connectivity index (χ1n) is 10.3. The van der Waals surface area contributed by atoms with Crippen molar-refractivity contribution >= 4 is 39.2 Å². The van der Waals surface area contributed by atoms with Gasteiger partial charge in [-0.25, -0.2) is 9.97 Å². The molecule has 6 heteroatoms. The van der Waals surface area contributed by atoms with Crippen molar-refractivity contribution in [1.29, 1.82) is 0 Å². The Morgan fingerprint density at radius 2 is 1.97 bits per heavy atom. The van der Waals surface area contributed by atoms with Crippen LogP contribution in [-0.2, 0) is 6.42 Å². The zero-order valence-electron chi connectivity index (χ0n) is 16.2. The molecule has 146 valence electrons. The number of hydrogen-bond donors (Lipinski definition) is 0. The highest BCUT2D eigenvalue weighted by Crippen LogP contribution is 2.47. The average Bonchev–Trinajstić information content (AvgIpc) is 3.21. The maximum absolute atomic E-state index is 13.5. The number of carbonyl (C=O) groups excluding carboxylic acids is 1. The van der Waals surface area contributed by atoms with Crippen molar-refractivity contribution in [3.8, 4) is 0 Å². The summed E-state index contributed by atoms with van der Waals surface area (Å²) in [6, 6.07) is 10.3. The third kappa shape index (κ3) is 2.77. The van der Waals surface area contributed by atoms with Crippen LogP contribution >= 0.6 is 11.3 Å². The van der Waals surface area contributed by atoms with Crippen molar-refractivity contribution in [1.82, 2.24) is 14.9 Å². The van der Waals surface area contributed by atoms with Gasteiger partial charge in [0.1, 0.15) is 12.1 Å². The Morgan fingerprint density at radius 3 is 2.83 bits per heavy atom. The van der Waals surface area contributed by atoms with Crippen LogP contribution in [0.5, 0.6) is 0 Å². The first kappa shape index (κ1) is 17.2. The van der Waals surface area contributed by atoms with E-state index in [1.165, 1.54) is 4.70 Å². The monoisotopic (exact) mass is 402 g/mol. The summed E-state index contributed by atoms with van der Waals surface area (Å²) >= 11 is 1.61. The number of thiophene rings is 1. The lowest BCUT2D eigenvalue weighted by Crippen LogP contribution is -2.42. The van der Waals surface area contributed by atoms with Gasteiger partial charge in [0.2, 0.25) is 0 Å². The Kier molecular flexibility index (Phi) is 3.78. The fourth-order valence-corrected chi connectivity index (χ4v) is 5.77. The van der Waals surface area contributed by atoms with Crippen LogP contribution in [0.2, 0.25) is 0 Å². The molecule has 3 heterocycles. The lowest BCUT2D eigenvalue weighted by Gasteiger charge is -2.29. The van der Waals surface area contributed by atoms with Crippen LogP contribution in [0.15, 0.2) is 42.7 Å². The summed E-state index contributed by atoms with van der Waals surface area (Å²) in [5, 5.41) is 1.16. The van der Waals surface area contributed by atoms with Crippen LogP contribution in [-0.4, -0.2) is 45.9 Å². The molecular formula is C23H22N4OS. The van der Waals surface area contributed by atoms with Gasteiger partial charge in [-0.2, -0.15) is 0 Å². The van der Waals surface area contributed by atoms with Gasteiger partial charge in [-0.3, -0.25) is 4.79 Å². The van der Waals surface area contributed by atoms with Crippen LogP contribution in [0.4, 0.5) is 5.82 Å². The van der Waals surface area contributed by atoms with Crippen LogP contribution in [0.3, 0.4) is 0 Å². The molecule has 1 amide bonds. The number of carbonyl (C=O) groups is 1. The highest BCUT2D eigenvalue weighted by atomic mass is 32.1. The molecule has 0 N–H and O–H groups in total. The smallest absolute Gasteiger partial charge is 0.264 e. The minimum absolute atomic E-state index is 0.0358. The van der Waals surface area contributed by atoms with Gasteiger partial charge in [0.25, 0.3) is 5.91 Å². The molecule has 3 aliphatic rings. The second kappa shape index (κ2) is 6.39.